The lowest BCUT2D eigenvalue weighted by Crippen LogP contribution is -2.67. The van der Waals surface area contributed by atoms with Gasteiger partial charge in [0.25, 0.3) is 5.91 Å². The van der Waals surface area contributed by atoms with Crippen LogP contribution in [0.4, 0.5) is 61.5 Å². The smallest absolute Gasteiger partial charge is 0.374 e. The maximum Gasteiger partial charge on any atom is 0.500 e. The first-order valence-corrected chi connectivity index (χ1v) is 12.9. The van der Waals surface area contributed by atoms with E-state index in [2.05, 4.69) is 0 Å². The van der Waals surface area contributed by atoms with Crippen LogP contribution in [0, 0.1) is 0 Å². The number of ether oxygens (including phenoxy) is 2. The second-order valence-electron chi connectivity index (χ2n) is 7.51. The number of alkyl halides is 14. The van der Waals surface area contributed by atoms with E-state index < -0.39 is 76.2 Å². The van der Waals surface area contributed by atoms with Gasteiger partial charge in [-0.15, -0.1) is 0 Å². The van der Waals surface area contributed by atoms with Crippen LogP contribution in [0.1, 0.15) is 27.2 Å². The SMILES string of the molecule is CCO[Si](CCCNC(=O)C(F)(F)C(F)(F)OC(F)(C(F)(F)F)C(F)(F)OC(F)(C=O)C(F)(F)F)(OCC)OCC. The third-order valence-corrected chi connectivity index (χ3v) is 7.66. The van der Waals surface area contributed by atoms with Gasteiger partial charge in [0.2, 0.25) is 0 Å². The van der Waals surface area contributed by atoms with Gasteiger partial charge >= 0.3 is 51.0 Å². The summed E-state index contributed by atoms with van der Waals surface area (Å²) in [5, 5.41) is 1.09. The van der Waals surface area contributed by atoms with Gasteiger partial charge in [-0.1, -0.05) is 0 Å². The molecule has 41 heavy (non-hydrogen) atoms. The average Bonchev–Trinajstić information content (AvgIpc) is 2.79. The van der Waals surface area contributed by atoms with Crippen LogP contribution in [0.25, 0.3) is 0 Å². The van der Waals surface area contributed by atoms with Gasteiger partial charge in [-0.05, 0) is 27.2 Å². The Morgan fingerprint density at radius 3 is 1.49 bits per heavy atom. The number of carbonyl (C=O) groups is 2. The van der Waals surface area contributed by atoms with Gasteiger partial charge in [-0.2, -0.15) is 61.5 Å². The number of hydrogen-bond donors (Lipinski definition) is 1. The molecule has 8 nitrogen and oxygen atoms in total. The molecule has 0 saturated heterocycles. The van der Waals surface area contributed by atoms with Gasteiger partial charge in [-0.25, -0.2) is 0 Å². The van der Waals surface area contributed by atoms with Crippen molar-refractivity contribution in [1.82, 2.24) is 5.32 Å². The number of rotatable bonds is 18. The molecule has 0 fully saturated rings. The fraction of sp³-hybridized carbons (Fsp3) is 0.889. The minimum atomic E-state index is -7.70. The summed E-state index contributed by atoms with van der Waals surface area (Å²) in [5.41, 5.74) is 0. The number of aldehydes is 1. The van der Waals surface area contributed by atoms with Gasteiger partial charge in [0, 0.05) is 32.4 Å². The van der Waals surface area contributed by atoms with Crippen LogP contribution in [0.15, 0.2) is 0 Å². The Morgan fingerprint density at radius 1 is 0.707 bits per heavy atom. The molecule has 0 aromatic heterocycles. The highest BCUT2D eigenvalue weighted by molar-refractivity contribution is 6.60. The highest BCUT2D eigenvalue weighted by Crippen LogP contribution is 2.54. The van der Waals surface area contributed by atoms with Crippen LogP contribution in [-0.2, 0) is 32.3 Å². The van der Waals surface area contributed by atoms with E-state index in [9.17, 15) is 71.1 Å². The summed E-state index contributed by atoms with van der Waals surface area (Å²) in [5.74, 6) is -24.0. The molecule has 1 amide bonds. The molecule has 2 atom stereocenters. The van der Waals surface area contributed by atoms with Crippen LogP contribution in [0.5, 0.6) is 0 Å². The standard InChI is InChI=1S/C18H23F14NO7Si/c1-4-36-41(37-5-2,38-6-3)9-7-8-33-11(35)13(20,21)17(29,30)40-14(22,16(26,27)28)18(31,32)39-12(19,10-34)15(23,24)25/h10H,4-9H2,1-3H3,(H,33,35). The van der Waals surface area contributed by atoms with E-state index in [-0.39, 0.29) is 25.9 Å². The molecular weight excluding hydrogens is 636 g/mol. The predicted octanol–water partition coefficient (Wildman–Crippen LogP) is 5.05. The zero-order valence-electron chi connectivity index (χ0n) is 21.0. The largest absolute Gasteiger partial charge is 0.500 e. The minimum absolute atomic E-state index is 0.0259. The normalized spacial score (nSPS) is 17.1. The zero-order chi connectivity index (χ0) is 32.8. The Hall–Kier alpha value is -1.82. The molecule has 0 rings (SSSR count). The Morgan fingerprint density at radius 2 is 1.15 bits per heavy atom. The van der Waals surface area contributed by atoms with E-state index in [1.165, 1.54) is 20.8 Å². The van der Waals surface area contributed by atoms with Crippen molar-refractivity contribution in [2.75, 3.05) is 26.4 Å². The molecule has 244 valence electrons. The highest BCUT2D eigenvalue weighted by Gasteiger charge is 2.83. The number of nitrogens with one attached hydrogen (secondary N) is 1. The first-order chi connectivity index (χ1) is 18.3. The Kier molecular flexibility index (Phi) is 13.0. The molecule has 0 bridgehead atoms. The van der Waals surface area contributed by atoms with Gasteiger partial charge < -0.3 is 18.6 Å². The molecule has 0 aliphatic carbocycles. The molecular formula is C18H23F14NO7Si. The lowest BCUT2D eigenvalue weighted by molar-refractivity contribution is -0.534. The average molecular weight is 659 g/mol. The van der Waals surface area contributed by atoms with E-state index in [0.717, 1.165) is 5.32 Å². The monoisotopic (exact) mass is 659 g/mol. The van der Waals surface area contributed by atoms with Gasteiger partial charge in [0.15, 0.2) is 6.29 Å². The summed E-state index contributed by atoms with van der Waals surface area (Å²) in [4.78, 5) is 21.8. The van der Waals surface area contributed by atoms with Gasteiger partial charge in [0.1, 0.15) is 0 Å². The highest BCUT2D eigenvalue weighted by atomic mass is 28.4. The van der Waals surface area contributed by atoms with Crippen molar-refractivity contribution >= 4 is 21.0 Å². The molecule has 0 radical (unpaired) electrons. The molecule has 0 spiro atoms. The zero-order valence-corrected chi connectivity index (χ0v) is 22.0. The molecule has 0 aliphatic heterocycles. The Bertz CT molecular complexity index is 859. The van der Waals surface area contributed by atoms with E-state index in [1.54, 1.807) is 0 Å². The maximum absolute atomic E-state index is 14.2. The van der Waals surface area contributed by atoms with Crippen molar-refractivity contribution in [2.24, 2.45) is 0 Å². The number of carbonyl (C=O) groups excluding carboxylic acids is 2. The third kappa shape index (κ3) is 8.84. The van der Waals surface area contributed by atoms with Crippen molar-refractivity contribution in [1.29, 1.82) is 0 Å². The van der Waals surface area contributed by atoms with Gasteiger partial charge in [0.05, 0.1) is 0 Å². The first kappa shape index (κ1) is 39.2. The Balaban J connectivity index is 6.00. The number of hydrogen-bond acceptors (Lipinski definition) is 7. The van der Waals surface area contributed by atoms with Crippen LogP contribution < -0.4 is 5.32 Å². The van der Waals surface area contributed by atoms with E-state index in [1.807, 2.05) is 9.47 Å². The molecule has 1 N–H and O–H groups in total. The second-order valence-corrected chi connectivity index (χ2v) is 10.2. The second kappa shape index (κ2) is 13.6. The predicted molar refractivity (Wildman–Crippen MR) is 106 cm³/mol. The summed E-state index contributed by atoms with van der Waals surface area (Å²) < 4.78 is 207. The fourth-order valence-electron chi connectivity index (χ4n) is 2.68. The molecule has 0 aromatic carbocycles. The van der Waals surface area contributed by atoms with Crippen LogP contribution >= 0.6 is 0 Å². The topological polar surface area (TPSA) is 92.3 Å². The van der Waals surface area contributed by atoms with Crippen molar-refractivity contribution in [3.8, 4) is 0 Å². The summed E-state index contributed by atoms with van der Waals surface area (Å²) in [6.07, 6.45) is -32.1. The Labute approximate surface area is 222 Å². The molecule has 0 saturated carbocycles. The summed E-state index contributed by atoms with van der Waals surface area (Å²) in [6, 6.07) is -0.243. The van der Waals surface area contributed by atoms with E-state index in [4.69, 9.17) is 13.3 Å². The summed E-state index contributed by atoms with van der Waals surface area (Å²) in [7, 11) is -3.48. The van der Waals surface area contributed by atoms with Crippen LogP contribution in [0.2, 0.25) is 6.04 Å². The van der Waals surface area contributed by atoms with Crippen molar-refractivity contribution < 1.29 is 93.8 Å². The first-order valence-electron chi connectivity index (χ1n) is 11.0. The van der Waals surface area contributed by atoms with Crippen LogP contribution in [-0.4, -0.2) is 89.6 Å². The lowest BCUT2D eigenvalue weighted by atomic mass is 10.2. The van der Waals surface area contributed by atoms with Crippen molar-refractivity contribution in [3.63, 3.8) is 0 Å². The maximum atomic E-state index is 14.2. The molecule has 0 heterocycles. The quantitative estimate of drug-likeness (QED) is 0.0954. The van der Waals surface area contributed by atoms with Crippen molar-refractivity contribution in [2.45, 2.75) is 75.4 Å². The number of halogens is 14. The van der Waals surface area contributed by atoms with E-state index >= 15 is 0 Å². The molecule has 0 aliphatic rings. The van der Waals surface area contributed by atoms with Crippen molar-refractivity contribution in [3.05, 3.63) is 0 Å². The lowest BCUT2D eigenvalue weighted by Gasteiger charge is -2.39. The minimum Gasteiger partial charge on any atom is -0.374 e. The fourth-order valence-corrected chi connectivity index (χ4v) is 5.29. The summed E-state index contributed by atoms with van der Waals surface area (Å²) in [6.45, 7) is 3.64. The molecule has 23 heteroatoms. The van der Waals surface area contributed by atoms with E-state index in [0.29, 0.717) is 0 Å². The van der Waals surface area contributed by atoms with Gasteiger partial charge in [-0.3, -0.25) is 19.1 Å². The number of amides is 1. The van der Waals surface area contributed by atoms with Crippen LogP contribution in [0.3, 0.4) is 0 Å². The summed E-state index contributed by atoms with van der Waals surface area (Å²) >= 11 is 0. The molecule has 0 aromatic rings. The third-order valence-electron chi connectivity index (χ3n) is 4.51. The molecule has 2 unspecified atom stereocenters.